The lowest BCUT2D eigenvalue weighted by atomic mass is 9.91. The number of allylic oxidation sites excluding steroid dienone is 2. The van der Waals surface area contributed by atoms with Crippen LogP contribution in [0.2, 0.25) is 0 Å². The SMILES string of the molecule is COC1CN(Cc2ccc(C#Cc3ccc(C(CNC(C)(C)CF)CC4=C(O)C(=O)CC=N4)cc3)cc2)C1. The summed E-state index contributed by atoms with van der Waals surface area (Å²) in [6.45, 7) is 6.43. The molecule has 0 aliphatic carbocycles. The van der Waals surface area contributed by atoms with Crippen LogP contribution in [0.1, 0.15) is 54.9 Å². The van der Waals surface area contributed by atoms with Gasteiger partial charge in [-0.3, -0.25) is 14.7 Å². The first-order valence-electron chi connectivity index (χ1n) is 13.0. The fourth-order valence-electron chi connectivity index (χ4n) is 4.43. The lowest BCUT2D eigenvalue weighted by Crippen LogP contribution is -2.50. The molecule has 6 nitrogen and oxygen atoms in total. The molecule has 2 aliphatic heterocycles. The van der Waals surface area contributed by atoms with Gasteiger partial charge in [-0.15, -0.1) is 0 Å². The summed E-state index contributed by atoms with van der Waals surface area (Å²) in [5.74, 6) is 5.73. The number of aliphatic imine (C=N–C) groups is 1. The van der Waals surface area contributed by atoms with E-state index in [1.165, 1.54) is 11.8 Å². The third-order valence-electron chi connectivity index (χ3n) is 7.01. The fourth-order valence-corrected chi connectivity index (χ4v) is 4.43. The highest BCUT2D eigenvalue weighted by Gasteiger charge is 2.26. The molecule has 7 heteroatoms. The second kappa shape index (κ2) is 12.5. The van der Waals surface area contributed by atoms with Crippen molar-refractivity contribution in [2.75, 3.05) is 33.4 Å². The van der Waals surface area contributed by atoms with Crippen LogP contribution < -0.4 is 5.32 Å². The number of benzene rings is 2. The highest BCUT2D eigenvalue weighted by Crippen LogP contribution is 2.28. The van der Waals surface area contributed by atoms with Crippen molar-refractivity contribution in [3.8, 4) is 11.8 Å². The second-order valence-corrected chi connectivity index (χ2v) is 10.7. The maximum absolute atomic E-state index is 13.4. The van der Waals surface area contributed by atoms with Gasteiger partial charge in [-0.05, 0) is 49.2 Å². The summed E-state index contributed by atoms with van der Waals surface area (Å²) >= 11 is 0. The number of carbonyl (C=O) groups is 1. The number of ketones is 1. The van der Waals surface area contributed by atoms with Crippen LogP contribution in [-0.4, -0.2) is 67.1 Å². The first-order chi connectivity index (χ1) is 18.3. The van der Waals surface area contributed by atoms with E-state index in [1.54, 1.807) is 21.0 Å². The number of ether oxygens (including phenoxy) is 1. The van der Waals surface area contributed by atoms with Gasteiger partial charge >= 0.3 is 0 Å². The Morgan fingerprint density at radius 1 is 1.13 bits per heavy atom. The van der Waals surface area contributed by atoms with Crippen LogP contribution in [0.5, 0.6) is 0 Å². The van der Waals surface area contributed by atoms with Gasteiger partial charge in [0, 0.05) is 74.9 Å². The molecule has 0 saturated carbocycles. The highest BCUT2D eigenvalue weighted by atomic mass is 19.1. The number of hydrogen-bond acceptors (Lipinski definition) is 6. The highest BCUT2D eigenvalue weighted by molar-refractivity contribution is 6.03. The molecular formula is C31H36FN3O3. The Hall–Kier alpha value is -3.31. The third kappa shape index (κ3) is 7.38. The van der Waals surface area contributed by atoms with Crippen LogP contribution in [0.4, 0.5) is 4.39 Å². The zero-order chi connectivity index (χ0) is 27.1. The molecule has 1 saturated heterocycles. The van der Waals surface area contributed by atoms with E-state index in [-0.39, 0.29) is 23.9 Å². The predicted molar refractivity (Wildman–Crippen MR) is 148 cm³/mol. The Morgan fingerprint density at radius 3 is 2.37 bits per heavy atom. The zero-order valence-electron chi connectivity index (χ0n) is 22.3. The summed E-state index contributed by atoms with van der Waals surface area (Å²) < 4.78 is 18.7. The molecule has 2 aliphatic rings. The minimum absolute atomic E-state index is 0.108. The number of aliphatic hydroxyl groups excluding tert-OH is 1. The summed E-state index contributed by atoms with van der Waals surface area (Å²) in [7, 11) is 1.76. The molecule has 1 fully saturated rings. The minimum Gasteiger partial charge on any atom is -0.503 e. The van der Waals surface area contributed by atoms with Crippen molar-refractivity contribution in [3.05, 3.63) is 82.2 Å². The molecule has 200 valence electrons. The standard InChI is InChI=1S/C31H36FN3O3/c1-31(2,21-32)34-17-26(16-28-30(37)29(36)14-15-33-28)25-12-10-23(11-13-25)5-4-22-6-8-24(9-7-22)18-35-19-27(20-35)38-3/h6-13,15,26-27,34,37H,14,16-21H2,1-3H3. The molecule has 0 radical (unpaired) electrons. The van der Waals surface area contributed by atoms with Crippen molar-refractivity contribution in [1.29, 1.82) is 0 Å². The zero-order valence-corrected chi connectivity index (χ0v) is 22.3. The fraction of sp³-hybridized carbons (Fsp3) is 0.419. The Bertz CT molecular complexity index is 1230. The Labute approximate surface area is 224 Å². The smallest absolute Gasteiger partial charge is 0.204 e. The quantitative estimate of drug-likeness (QED) is 0.453. The number of alkyl halides is 1. The van der Waals surface area contributed by atoms with Crippen molar-refractivity contribution < 1.29 is 19.0 Å². The van der Waals surface area contributed by atoms with Crippen molar-refractivity contribution >= 4 is 12.0 Å². The van der Waals surface area contributed by atoms with E-state index in [0.29, 0.717) is 24.8 Å². The van der Waals surface area contributed by atoms with E-state index in [1.807, 2.05) is 36.4 Å². The average Bonchev–Trinajstić information content (AvgIpc) is 2.90. The number of nitrogens with one attached hydrogen (secondary N) is 1. The lowest BCUT2D eigenvalue weighted by Gasteiger charge is -2.38. The molecule has 0 amide bonds. The number of aliphatic hydroxyl groups is 1. The maximum atomic E-state index is 13.4. The van der Waals surface area contributed by atoms with Crippen molar-refractivity contribution in [2.45, 2.75) is 50.8 Å². The molecule has 2 N–H and O–H groups in total. The molecule has 1 unspecified atom stereocenters. The Morgan fingerprint density at radius 2 is 1.76 bits per heavy atom. The van der Waals surface area contributed by atoms with Crippen molar-refractivity contribution in [2.24, 2.45) is 4.99 Å². The molecule has 0 aromatic heterocycles. The van der Waals surface area contributed by atoms with Crippen LogP contribution in [0, 0.1) is 11.8 Å². The van der Waals surface area contributed by atoms with E-state index < -0.39 is 12.2 Å². The number of Topliss-reactive ketones (excluding diaryl/α,β-unsaturated/α-hetero) is 1. The van der Waals surface area contributed by atoms with Gasteiger partial charge in [0.1, 0.15) is 6.67 Å². The first kappa shape index (κ1) is 27.7. The number of methoxy groups -OCH3 is 1. The monoisotopic (exact) mass is 517 g/mol. The molecule has 1 atom stereocenters. The molecule has 0 spiro atoms. The van der Waals surface area contributed by atoms with E-state index in [9.17, 15) is 14.3 Å². The number of nitrogens with zero attached hydrogens (tertiary/aromatic N) is 2. The second-order valence-electron chi connectivity index (χ2n) is 10.7. The topological polar surface area (TPSA) is 74.2 Å². The largest absolute Gasteiger partial charge is 0.503 e. The maximum Gasteiger partial charge on any atom is 0.204 e. The van der Waals surface area contributed by atoms with Gasteiger partial charge in [0.05, 0.1) is 11.8 Å². The van der Waals surface area contributed by atoms with Crippen molar-refractivity contribution in [1.82, 2.24) is 10.2 Å². The van der Waals surface area contributed by atoms with Crippen molar-refractivity contribution in [3.63, 3.8) is 0 Å². The predicted octanol–water partition coefficient (Wildman–Crippen LogP) is 4.54. The molecule has 38 heavy (non-hydrogen) atoms. The van der Waals surface area contributed by atoms with Crippen LogP contribution in [0.3, 0.4) is 0 Å². The van der Waals surface area contributed by atoms with Crippen LogP contribution in [-0.2, 0) is 16.1 Å². The van der Waals surface area contributed by atoms with Gasteiger partial charge in [0.25, 0.3) is 0 Å². The number of hydrogen-bond donors (Lipinski definition) is 2. The van der Waals surface area contributed by atoms with E-state index in [4.69, 9.17) is 4.74 Å². The van der Waals surface area contributed by atoms with Gasteiger partial charge in [0.2, 0.25) is 5.78 Å². The summed E-state index contributed by atoms with van der Waals surface area (Å²) in [6.07, 6.45) is 2.36. The molecule has 0 bridgehead atoms. The van der Waals surface area contributed by atoms with Gasteiger partial charge in [-0.25, -0.2) is 4.39 Å². The van der Waals surface area contributed by atoms with Gasteiger partial charge in [-0.2, -0.15) is 0 Å². The molecule has 2 heterocycles. The van der Waals surface area contributed by atoms with Gasteiger partial charge < -0.3 is 15.2 Å². The Balaban J connectivity index is 1.42. The van der Waals surface area contributed by atoms with Crippen LogP contribution >= 0.6 is 0 Å². The van der Waals surface area contributed by atoms with E-state index in [2.05, 4.69) is 39.2 Å². The average molecular weight is 518 g/mol. The summed E-state index contributed by atoms with van der Waals surface area (Å²) in [5.41, 5.74) is 3.78. The number of likely N-dealkylation sites (tertiary alicyclic amines) is 1. The first-order valence-corrected chi connectivity index (χ1v) is 13.0. The normalized spacial score (nSPS) is 17.2. The molecular weight excluding hydrogens is 481 g/mol. The van der Waals surface area contributed by atoms with E-state index in [0.717, 1.165) is 36.3 Å². The summed E-state index contributed by atoms with van der Waals surface area (Å²) in [6, 6.07) is 16.2. The summed E-state index contributed by atoms with van der Waals surface area (Å²) in [5, 5.41) is 13.5. The molecule has 2 aromatic carbocycles. The van der Waals surface area contributed by atoms with Gasteiger partial charge in [-0.1, -0.05) is 36.1 Å². The molecule has 4 rings (SSSR count). The minimum atomic E-state index is -0.678. The Kier molecular flexibility index (Phi) is 9.11. The molecule has 2 aromatic rings. The van der Waals surface area contributed by atoms with E-state index >= 15 is 0 Å². The number of halogens is 1. The third-order valence-corrected chi connectivity index (χ3v) is 7.01. The number of rotatable bonds is 10. The summed E-state index contributed by atoms with van der Waals surface area (Å²) in [4.78, 5) is 18.6. The lowest BCUT2D eigenvalue weighted by molar-refractivity contribution is -0.117. The number of carbonyl (C=O) groups excluding carboxylic acids is 1. The van der Waals surface area contributed by atoms with Gasteiger partial charge in [0.15, 0.2) is 5.76 Å². The van der Waals surface area contributed by atoms with Crippen LogP contribution in [0.25, 0.3) is 0 Å². The van der Waals surface area contributed by atoms with Crippen LogP contribution in [0.15, 0.2) is 65.0 Å².